The molecule has 18 heavy (non-hydrogen) atoms. The summed E-state index contributed by atoms with van der Waals surface area (Å²) in [6, 6.07) is 0. The Kier molecular flexibility index (Phi) is 4.21. The number of carboxylic acids is 1. The molecule has 104 valence electrons. The van der Waals surface area contributed by atoms with Crippen LogP contribution >= 0.6 is 0 Å². The first-order valence-electron chi connectivity index (χ1n) is 6.15. The van der Waals surface area contributed by atoms with Crippen LogP contribution in [0.1, 0.15) is 25.7 Å². The largest absolute Gasteiger partial charge is 0.481 e. The van der Waals surface area contributed by atoms with Gasteiger partial charge in [0.1, 0.15) is 0 Å². The molecule has 2 fully saturated rings. The lowest BCUT2D eigenvalue weighted by Crippen LogP contribution is -2.49. The molecule has 0 saturated carbocycles. The van der Waals surface area contributed by atoms with E-state index in [0.717, 1.165) is 17.3 Å². The second-order valence-electron chi connectivity index (χ2n) is 4.59. The van der Waals surface area contributed by atoms with Gasteiger partial charge < -0.3 is 5.11 Å². The summed E-state index contributed by atoms with van der Waals surface area (Å²) in [6.45, 7) is 1.30. The van der Waals surface area contributed by atoms with Crippen molar-refractivity contribution < 1.29 is 23.2 Å². The normalized spacial score (nSPS) is 25.1. The molecule has 2 saturated heterocycles. The lowest BCUT2D eigenvalue weighted by Gasteiger charge is -2.34. The van der Waals surface area contributed by atoms with Crippen molar-refractivity contribution in [2.45, 2.75) is 25.7 Å². The van der Waals surface area contributed by atoms with E-state index in [1.165, 1.54) is 4.31 Å². The lowest BCUT2D eigenvalue weighted by atomic mass is 9.99. The minimum Gasteiger partial charge on any atom is -0.481 e. The molecule has 2 aliphatic heterocycles. The van der Waals surface area contributed by atoms with Gasteiger partial charge in [-0.25, -0.2) is 0 Å². The number of piperidine rings is 1. The summed E-state index contributed by atoms with van der Waals surface area (Å²) in [5, 5.41) is 8.87. The first-order chi connectivity index (χ1) is 8.51. The van der Waals surface area contributed by atoms with E-state index in [4.69, 9.17) is 9.94 Å². The SMILES string of the molecule is O=C(O)C1CCN(S(=O)(=O)N2CCCCO2)CC1. The van der Waals surface area contributed by atoms with E-state index >= 15 is 0 Å². The van der Waals surface area contributed by atoms with Gasteiger partial charge in [0.15, 0.2) is 0 Å². The second kappa shape index (κ2) is 5.52. The first-order valence-corrected chi connectivity index (χ1v) is 7.55. The molecule has 2 aliphatic rings. The van der Waals surface area contributed by atoms with Crippen molar-refractivity contribution in [1.82, 2.24) is 8.77 Å². The standard InChI is InChI=1S/C10H18N2O5S/c13-10(14)9-3-6-11(7-4-9)18(15,16)12-5-1-2-8-17-12/h9H,1-8H2,(H,13,14). The maximum absolute atomic E-state index is 12.2. The summed E-state index contributed by atoms with van der Waals surface area (Å²) in [5.41, 5.74) is 0. The Morgan fingerprint density at radius 3 is 2.33 bits per heavy atom. The maximum Gasteiger partial charge on any atom is 0.306 e. The number of hydrogen-bond donors (Lipinski definition) is 1. The first kappa shape index (κ1) is 13.7. The van der Waals surface area contributed by atoms with E-state index < -0.39 is 22.1 Å². The number of aliphatic carboxylic acids is 1. The molecule has 0 aromatic heterocycles. The third kappa shape index (κ3) is 2.82. The monoisotopic (exact) mass is 278 g/mol. The molecule has 0 radical (unpaired) electrons. The molecule has 0 aromatic carbocycles. The highest BCUT2D eigenvalue weighted by Crippen LogP contribution is 2.23. The minimum atomic E-state index is -3.58. The number of carbonyl (C=O) groups is 1. The summed E-state index contributed by atoms with van der Waals surface area (Å²) in [4.78, 5) is 16.0. The van der Waals surface area contributed by atoms with E-state index in [9.17, 15) is 13.2 Å². The summed E-state index contributed by atoms with van der Waals surface area (Å²) < 4.78 is 26.7. The summed E-state index contributed by atoms with van der Waals surface area (Å²) in [5.74, 6) is -1.28. The molecule has 2 rings (SSSR count). The van der Waals surface area contributed by atoms with Crippen LogP contribution in [0, 0.1) is 5.92 Å². The molecular weight excluding hydrogens is 260 g/mol. The van der Waals surface area contributed by atoms with Crippen molar-refractivity contribution in [2.24, 2.45) is 5.92 Å². The van der Waals surface area contributed by atoms with Crippen LogP contribution in [0.4, 0.5) is 0 Å². The van der Waals surface area contributed by atoms with E-state index in [0.29, 0.717) is 26.0 Å². The van der Waals surface area contributed by atoms with Crippen LogP contribution in [0.15, 0.2) is 0 Å². The van der Waals surface area contributed by atoms with Crippen molar-refractivity contribution >= 4 is 16.2 Å². The van der Waals surface area contributed by atoms with E-state index in [-0.39, 0.29) is 13.1 Å². The van der Waals surface area contributed by atoms with E-state index in [1.54, 1.807) is 0 Å². The van der Waals surface area contributed by atoms with Gasteiger partial charge in [-0.15, -0.1) is 0 Å². The average molecular weight is 278 g/mol. The number of hydrogen-bond acceptors (Lipinski definition) is 4. The van der Waals surface area contributed by atoms with Gasteiger partial charge in [0.25, 0.3) is 0 Å². The van der Waals surface area contributed by atoms with Crippen LogP contribution in [-0.2, 0) is 19.8 Å². The quantitative estimate of drug-likeness (QED) is 0.788. The lowest BCUT2D eigenvalue weighted by molar-refractivity contribution is -0.143. The van der Waals surface area contributed by atoms with Crippen molar-refractivity contribution in [1.29, 1.82) is 0 Å². The highest BCUT2D eigenvalue weighted by molar-refractivity contribution is 7.86. The van der Waals surface area contributed by atoms with Crippen LogP contribution in [0.3, 0.4) is 0 Å². The zero-order chi connectivity index (χ0) is 13.2. The van der Waals surface area contributed by atoms with Gasteiger partial charge in [-0.05, 0) is 25.7 Å². The predicted octanol–water partition coefficient (Wildman–Crippen LogP) is 0.0552. The zero-order valence-corrected chi connectivity index (χ0v) is 10.9. The fraction of sp³-hybridized carbons (Fsp3) is 0.900. The minimum absolute atomic E-state index is 0.249. The van der Waals surface area contributed by atoms with Crippen LogP contribution in [0.25, 0.3) is 0 Å². The molecule has 0 amide bonds. The molecule has 7 nitrogen and oxygen atoms in total. The highest BCUT2D eigenvalue weighted by Gasteiger charge is 2.36. The average Bonchev–Trinajstić information content (AvgIpc) is 2.40. The second-order valence-corrected chi connectivity index (χ2v) is 6.41. The number of hydroxylamine groups is 1. The van der Waals surface area contributed by atoms with Crippen molar-refractivity contribution in [3.8, 4) is 0 Å². The molecule has 0 atom stereocenters. The Morgan fingerprint density at radius 1 is 1.17 bits per heavy atom. The molecule has 0 aromatic rings. The van der Waals surface area contributed by atoms with Gasteiger partial charge >= 0.3 is 16.2 Å². The smallest absolute Gasteiger partial charge is 0.306 e. The Morgan fingerprint density at radius 2 is 1.83 bits per heavy atom. The van der Waals surface area contributed by atoms with E-state index in [2.05, 4.69) is 0 Å². The fourth-order valence-corrected chi connectivity index (χ4v) is 3.72. The summed E-state index contributed by atoms with van der Waals surface area (Å²) in [7, 11) is -3.58. The Labute approximate surface area is 106 Å². The molecule has 1 N–H and O–H groups in total. The highest BCUT2D eigenvalue weighted by atomic mass is 32.2. The molecule has 0 aliphatic carbocycles. The van der Waals surface area contributed by atoms with Crippen LogP contribution in [-0.4, -0.2) is 54.5 Å². The van der Waals surface area contributed by atoms with Gasteiger partial charge in [0, 0.05) is 19.6 Å². The van der Waals surface area contributed by atoms with E-state index in [1.807, 2.05) is 0 Å². The third-order valence-corrected chi connectivity index (χ3v) is 5.18. The molecule has 0 unspecified atom stereocenters. The summed E-state index contributed by atoms with van der Waals surface area (Å²) in [6.07, 6.45) is 2.39. The molecular formula is C10H18N2O5S. The topological polar surface area (TPSA) is 87.2 Å². The number of carboxylic acid groups (broad SMARTS) is 1. The van der Waals surface area contributed by atoms with Gasteiger partial charge in [-0.3, -0.25) is 9.63 Å². The van der Waals surface area contributed by atoms with Gasteiger partial charge in [0.05, 0.1) is 12.5 Å². The molecule has 0 bridgehead atoms. The Hall–Kier alpha value is -0.700. The zero-order valence-electron chi connectivity index (χ0n) is 10.1. The summed E-state index contributed by atoms with van der Waals surface area (Å²) >= 11 is 0. The molecule has 8 heteroatoms. The van der Waals surface area contributed by atoms with Gasteiger partial charge in [-0.1, -0.05) is 4.47 Å². The van der Waals surface area contributed by atoms with Crippen LogP contribution in [0.2, 0.25) is 0 Å². The molecule has 2 heterocycles. The van der Waals surface area contributed by atoms with Gasteiger partial charge in [0.2, 0.25) is 0 Å². The molecule has 0 spiro atoms. The number of nitrogens with zero attached hydrogens (tertiary/aromatic N) is 2. The third-order valence-electron chi connectivity index (χ3n) is 3.36. The van der Waals surface area contributed by atoms with Crippen molar-refractivity contribution in [2.75, 3.05) is 26.2 Å². The Balaban J connectivity index is 1.97. The maximum atomic E-state index is 12.2. The van der Waals surface area contributed by atoms with Crippen molar-refractivity contribution in [3.05, 3.63) is 0 Å². The fourth-order valence-electron chi connectivity index (χ4n) is 2.22. The predicted molar refractivity (Wildman–Crippen MR) is 62.7 cm³/mol. The van der Waals surface area contributed by atoms with Crippen molar-refractivity contribution in [3.63, 3.8) is 0 Å². The van der Waals surface area contributed by atoms with Crippen LogP contribution in [0.5, 0.6) is 0 Å². The van der Waals surface area contributed by atoms with Gasteiger partial charge in [-0.2, -0.15) is 12.7 Å². The van der Waals surface area contributed by atoms with Crippen LogP contribution < -0.4 is 0 Å². The Bertz CT molecular complexity index is 396. The number of rotatable bonds is 3.